The first-order valence-corrected chi connectivity index (χ1v) is 6.31. The molecule has 19 heavy (non-hydrogen) atoms. The Hall–Kier alpha value is -1.68. The molecule has 0 fully saturated rings. The second kappa shape index (κ2) is 5.13. The predicted octanol–water partition coefficient (Wildman–Crippen LogP) is 0.852. The number of nitrogens with zero attached hydrogens (tertiary/aromatic N) is 1. The fourth-order valence-corrected chi connectivity index (χ4v) is 2.54. The van der Waals surface area contributed by atoms with E-state index in [-0.39, 0.29) is 0 Å². The minimum atomic E-state index is -4.96. The van der Waals surface area contributed by atoms with E-state index in [0.29, 0.717) is 6.07 Å². The molecule has 1 aromatic heterocycles. The van der Waals surface area contributed by atoms with Crippen molar-refractivity contribution in [3.8, 4) is 0 Å². The van der Waals surface area contributed by atoms with E-state index in [4.69, 9.17) is 5.11 Å². The number of halogens is 3. The predicted molar refractivity (Wildman–Crippen MR) is 56.7 cm³/mol. The number of alkyl halides is 3. The molecule has 1 aromatic rings. The normalized spacial score (nSPS) is 14.1. The van der Waals surface area contributed by atoms with E-state index in [1.807, 2.05) is 0 Å². The van der Waals surface area contributed by atoms with Gasteiger partial charge in [-0.1, -0.05) is 0 Å². The van der Waals surface area contributed by atoms with Crippen molar-refractivity contribution in [1.82, 2.24) is 9.71 Å². The van der Waals surface area contributed by atoms with Gasteiger partial charge in [-0.25, -0.2) is 8.42 Å². The Bertz CT molecular complexity index is 585. The molecule has 0 saturated heterocycles. The number of aliphatic carboxylic acids is 1. The SMILES string of the molecule is C[C@H](NS(=O)(=O)c1cccnc1C(F)(F)F)C(=O)O. The maximum atomic E-state index is 12.6. The number of nitrogens with one attached hydrogen (secondary N) is 1. The van der Waals surface area contributed by atoms with Gasteiger partial charge in [0, 0.05) is 6.20 Å². The number of hydrogen-bond acceptors (Lipinski definition) is 4. The number of rotatable bonds is 4. The minimum Gasteiger partial charge on any atom is -0.480 e. The van der Waals surface area contributed by atoms with Crippen LogP contribution in [0.5, 0.6) is 0 Å². The number of carbonyl (C=O) groups is 1. The van der Waals surface area contributed by atoms with Crippen molar-refractivity contribution in [2.24, 2.45) is 0 Å². The molecule has 10 heteroatoms. The summed E-state index contributed by atoms with van der Waals surface area (Å²) in [6.45, 7) is 0.990. The highest BCUT2D eigenvalue weighted by atomic mass is 32.2. The van der Waals surface area contributed by atoms with Crippen molar-refractivity contribution >= 4 is 16.0 Å². The van der Waals surface area contributed by atoms with Gasteiger partial charge in [0.15, 0.2) is 5.69 Å². The van der Waals surface area contributed by atoms with Gasteiger partial charge in [0.2, 0.25) is 10.0 Å². The molecule has 0 radical (unpaired) electrons. The lowest BCUT2D eigenvalue weighted by Crippen LogP contribution is -2.39. The highest BCUT2D eigenvalue weighted by molar-refractivity contribution is 7.89. The molecule has 1 atom stereocenters. The topological polar surface area (TPSA) is 96.4 Å². The molecule has 106 valence electrons. The number of hydrogen-bond donors (Lipinski definition) is 2. The van der Waals surface area contributed by atoms with Crippen LogP contribution >= 0.6 is 0 Å². The molecule has 6 nitrogen and oxygen atoms in total. The van der Waals surface area contributed by atoms with E-state index in [1.54, 1.807) is 4.72 Å². The zero-order valence-electron chi connectivity index (χ0n) is 9.47. The molecule has 0 saturated carbocycles. The Morgan fingerprint density at radius 1 is 1.47 bits per heavy atom. The Kier molecular flexibility index (Phi) is 4.15. The van der Waals surface area contributed by atoms with Gasteiger partial charge >= 0.3 is 12.1 Å². The zero-order valence-corrected chi connectivity index (χ0v) is 10.3. The van der Waals surface area contributed by atoms with Gasteiger partial charge in [0.05, 0.1) is 0 Å². The number of carboxylic acids is 1. The van der Waals surface area contributed by atoms with Gasteiger partial charge in [-0.05, 0) is 19.1 Å². The highest BCUT2D eigenvalue weighted by Crippen LogP contribution is 2.32. The Morgan fingerprint density at radius 2 is 2.05 bits per heavy atom. The average molecular weight is 298 g/mol. The molecular formula is C9H9F3N2O4S. The Labute approximate surface area is 106 Å². The third-order valence-electron chi connectivity index (χ3n) is 2.03. The van der Waals surface area contributed by atoms with Crippen LogP contribution in [-0.4, -0.2) is 30.5 Å². The molecule has 1 heterocycles. The van der Waals surface area contributed by atoms with Gasteiger partial charge in [-0.15, -0.1) is 0 Å². The van der Waals surface area contributed by atoms with Gasteiger partial charge in [0.25, 0.3) is 0 Å². The van der Waals surface area contributed by atoms with Gasteiger partial charge in [0.1, 0.15) is 10.9 Å². The smallest absolute Gasteiger partial charge is 0.434 e. The molecular weight excluding hydrogens is 289 g/mol. The molecule has 0 aliphatic heterocycles. The number of carboxylic acid groups (broad SMARTS) is 1. The summed E-state index contributed by atoms with van der Waals surface area (Å²) in [6.07, 6.45) is -4.17. The van der Waals surface area contributed by atoms with Crippen LogP contribution in [0.3, 0.4) is 0 Å². The summed E-state index contributed by atoms with van der Waals surface area (Å²) in [5, 5.41) is 8.56. The number of aromatic nitrogens is 1. The Balaban J connectivity index is 3.27. The summed E-state index contributed by atoms with van der Waals surface area (Å²) in [4.78, 5) is 12.4. The van der Waals surface area contributed by atoms with Gasteiger partial charge in [-0.2, -0.15) is 17.9 Å². The summed E-state index contributed by atoms with van der Waals surface area (Å²) in [5.74, 6) is -1.51. The third kappa shape index (κ3) is 3.64. The molecule has 2 N–H and O–H groups in total. The molecule has 0 unspecified atom stereocenters. The molecule has 0 bridgehead atoms. The first-order valence-electron chi connectivity index (χ1n) is 4.83. The van der Waals surface area contributed by atoms with Crippen LogP contribution in [0.25, 0.3) is 0 Å². The molecule has 0 amide bonds. The largest absolute Gasteiger partial charge is 0.480 e. The zero-order chi connectivity index (χ0) is 14.8. The molecule has 0 aromatic carbocycles. The van der Waals surface area contributed by atoms with Crippen LogP contribution < -0.4 is 4.72 Å². The summed E-state index contributed by atoms with van der Waals surface area (Å²) in [7, 11) is -4.63. The van der Waals surface area contributed by atoms with Crippen molar-refractivity contribution < 1.29 is 31.5 Å². The van der Waals surface area contributed by atoms with Crippen LogP contribution in [-0.2, 0) is 21.0 Å². The lowest BCUT2D eigenvalue weighted by atomic mass is 10.3. The van der Waals surface area contributed by atoms with Gasteiger partial charge in [-0.3, -0.25) is 9.78 Å². The van der Waals surface area contributed by atoms with Crippen LogP contribution in [0.1, 0.15) is 12.6 Å². The van der Waals surface area contributed by atoms with Crippen LogP contribution in [0, 0.1) is 0 Å². The van der Waals surface area contributed by atoms with Crippen LogP contribution in [0.2, 0.25) is 0 Å². The third-order valence-corrected chi connectivity index (χ3v) is 3.60. The second-order valence-corrected chi connectivity index (χ2v) is 5.21. The monoisotopic (exact) mass is 298 g/mol. The second-order valence-electron chi connectivity index (χ2n) is 3.53. The van der Waals surface area contributed by atoms with E-state index in [0.717, 1.165) is 19.2 Å². The van der Waals surface area contributed by atoms with Crippen molar-refractivity contribution in [2.75, 3.05) is 0 Å². The lowest BCUT2D eigenvalue weighted by Gasteiger charge is -2.14. The maximum Gasteiger partial charge on any atom is 0.434 e. The average Bonchev–Trinajstić information content (AvgIpc) is 2.27. The van der Waals surface area contributed by atoms with Crippen molar-refractivity contribution in [2.45, 2.75) is 24.0 Å². The summed E-state index contributed by atoms with van der Waals surface area (Å²) in [5.41, 5.74) is -1.60. The number of sulfonamides is 1. The summed E-state index contributed by atoms with van der Waals surface area (Å²) >= 11 is 0. The van der Waals surface area contributed by atoms with Crippen LogP contribution in [0.4, 0.5) is 13.2 Å². The first-order chi connectivity index (χ1) is 8.55. The lowest BCUT2D eigenvalue weighted by molar-refractivity contribution is -0.143. The molecule has 0 aliphatic rings. The summed E-state index contributed by atoms with van der Waals surface area (Å²) < 4.78 is 62.8. The molecule has 0 spiro atoms. The van der Waals surface area contributed by atoms with Crippen molar-refractivity contribution in [3.63, 3.8) is 0 Å². The van der Waals surface area contributed by atoms with E-state index < -0.39 is 38.8 Å². The Morgan fingerprint density at radius 3 is 2.53 bits per heavy atom. The first kappa shape index (κ1) is 15.4. The van der Waals surface area contributed by atoms with E-state index in [9.17, 15) is 26.4 Å². The molecule has 0 aliphatic carbocycles. The maximum absolute atomic E-state index is 12.6. The van der Waals surface area contributed by atoms with Crippen molar-refractivity contribution in [1.29, 1.82) is 0 Å². The van der Waals surface area contributed by atoms with E-state index in [1.165, 1.54) is 0 Å². The van der Waals surface area contributed by atoms with Crippen LogP contribution in [0.15, 0.2) is 23.2 Å². The fraction of sp³-hybridized carbons (Fsp3) is 0.333. The van der Waals surface area contributed by atoms with E-state index in [2.05, 4.69) is 4.98 Å². The van der Waals surface area contributed by atoms with Crippen molar-refractivity contribution in [3.05, 3.63) is 24.0 Å². The number of pyridine rings is 1. The van der Waals surface area contributed by atoms with E-state index >= 15 is 0 Å². The summed E-state index contributed by atoms with van der Waals surface area (Å²) in [6, 6.07) is 0.147. The fourth-order valence-electron chi connectivity index (χ4n) is 1.17. The minimum absolute atomic E-state index is 0.701. The highest BCUT2D eigenvalue weighted by Gasteiger charge is 2.39. The van der Waals surface area contributed by atoms with Gasteiger partial charge < -0.3 is 5.11 Å². The standard InChI is InChI=1S/C9H9F3N2O4S/c1-5(8(15)16)14-19(17,18)6-3-2-4-13-7(6)9(10,11)12/h2-5,14H,1H3,(H,15,16)/t5-/m0/s1. The molecule has 1 rings (SSSR count). The quantitative estimate of drug-likeness (QED) is 0.859.